The Bertz CT molecular complexity index is 369. The minimum Gasteiger partial charge on any atom is -0.374 e. The van der Waals surface area contributed by atoms with Gasteiger partial charge in [-0.15, -0.1) is 0 Å². The van der Waals surface area contributed by atoms with E-state index >= 15 is 0 Å². The lowest BCUT2D eigenvalue weighted by atomic mass is 9.93. The van der Waals surface area contributed by atoms with E-state index in [1.54, 1.807) is 0 Å². The summed E-state index contributed by atoms with van der Waals surface area (Å²) in [4.78, 5) is 0. The molecule has 18 heavy (non-hydrogen) atoms. The highest BCUT2D eigenvalue weighted by Crippen LogP contribution is 2.24. The van der Waals surface area contributed by atoms with Crippen LogP contribution in [0.4, 0.5) is 0 Å². The second-order valence-electron chi connectivity index (χ2n) is 5.79. The van der Waals surface area contributed by atoms with Crippen molar-refractivity contribution in [3.8, 4) is 0 Å². The van der Waals surface area contributed by atoms with Crippen LogP contribution in [0.2, 0.25) is 0 Å². The maximum atomic E-state index is 6.36. The van der Waals surface area contributed by atoms with E-state index in [9.17, 15) is 0 Å². The van der Waals surface area contributed by atoms with Crippen molar-refractivity contribution in [1.82, 2.24) is 5.32 Å². The van der Waals surface area contributed by atoms with Gasteiger partial charge in [0, 0.05) is 19.7 Å². The van der Waals surface area contributed by atoms with Crippen LogP contribution >= 0.6 is 0 Å². The first kappa shape index (κ1) is 13.5. The highest BCUT2D eigenvalue weighted by Gasteiger charge is 2.30. The molecule has 0 amide bonds. The van der Waals surface area contributed by atoms with Crippen molar-refractivity contribution in [1.29, 1.82) is 0 Å². The van der Waals surface area contributed by atoms with E-state index in [1.807, 2.05) is 18.2 Å². The van der Waals surface area contributed by atoms with Gasteiger partial charge in [0.15, 0.2) is 0 Å². The van der Waals surface area contributed by atoms with Crippen molar-refractivity contribution in [2.45, 2.75) is 37.8 Å². The second kappa shape index (κ2) is 5.39. The zero-order valence-electron chi connectivity index (χ0n) is 11.4. The summed E-state index contributed by atoms with van der Waals surface area (Å²) in [5.74, 6) is 0. The third kappa shape index (κ3) is 3.31. The fourth-order valence-electron chi connectivity index (χ4n) is 2.48. The van der Waals surface area contributed by atoms with Crippen LogP contribution in [0.1, 0.15) is 32.3 Å². The monoisotopic (exact) mass is 248 g/mol. The molecule has 3 heteroatoms. The molecule has 1 fully saturated rings. The quantitative estimate of drug-likeness (QED) is 0.838. The van der Waals surface area contributed by atoms with E-state index < -0.39 is 0 Å². The fraction of sp³-hybridized carbons (Fsp3) is 0.600. The van der Waals surface area contributed by atoms with Crippen LogP contribution in [0.15, 0.2) is 30.3 Å². The van der Waals surface area contributed by atoms with Gasteiger partial charge in [-0.2, -0.15) is 0 Å². The summed E-state index contributed by atoms with van der Waals surface area (Å²) in [6.07, 6.45) is 2.30. The lowest BCUT2D eigenvalue weighted by Gasteiger charge is -2.29. The predicted molar refractivity (Wildman–Crippen MR) is 74.4 cm³/mol. The minimum absolute atomic E-state index is 0.00717. The third-order valence-electron chi connectivity index (χ3n) is 3.72. The number of benzene rings is 1. The molecule has 0 aliphatic carbocycles. The van der Waals surface area contributed by atoms with Gasteiger partial charge < -0.3 is 15.8 Å². The van der Waals surface area contributed by atoms with Crippen LogP contribution in [0.25, 0.3) is 0 Å². The molecule has 3 nitrogen and oxygen atoms in total. The highest BCUT2D eigenvalue weighted by molar-refractivity contribution is 5.23. The van der Waals surface area contributed by atoms with Gasteiger partial charge in [-0.05, 0) is 32.3 Å². The van der Waals surface area contributed by atoms with E-state index in [-0.39, 0.29) is 11.1 Å². The van der Waals surface area contributed by atoms with Crippen molar-refractivity contribution in [2.24, 2.45) is 5.73 Å². The summed E-state index contributed by atoms with van der Waals surface area (Å²) in [5.41, 5.74) is 7.18. The van der Waals surface area contributed by atoms with Gasteiger partial charge in [0.1, 0.15) is 0 Å². The van der Waals surface area contributed by atoms with Crippen LogP contribution in [0.3, 0.4) is 0 Å². The predicted octanol–water partition coefficient (Wildman–Crippen LogP) is 2.02. The molecule has 1 aromatic carbocycles. The Morgan fingerprint density at radius 1 is 1.39 bits per heavy atom. The molecule has 2 unspecified atom stereocenters. The molecule has 0 aromatic heterocycles. The molecule has 2 rings (SSSR count). The summed E-state index contributed by atoms with van der Waals surface area (Å²) in [6.45, 7) is 6.75. The first-order valence-corrected chi connectivity index (χ1v) is 6.71. The number of ether oxygens (including phenoxy) is 1. The molecule has 0 spiro atoms. The molecule has 2 atom stereocenters. The summed E-state index contributed by atoms with van der Waals surface area (Å²) in [6, 6.07) is 10.2. The molecule has 1 heterocycles. The Kier molecular flexibility index (Phi) is 4.05. The van der Waals surface area contributed by atoms with Crippen LogP contribution < -0.4 is 11.1 Å². The molecule has 100 valence electrons. The Morgan fingerprint density at radius 2 is 2.11 bits per heavy atom. The fourth-order valence-corrected chi connectivity index (χ4v) is 2.48. The summed E-state index contributed by atoms with van der Waals surface area (Å²) >= 11 is 0. The van der Waals surface area contributed by atoms with Gasteiger partial charge >= 0.3 is 0 Å². The summed E-state index contributed by atoms with van der Waals surface area (Å²) in [5, 5.41) is 3.46. The SMILES string of the molecule is CC1(CNCC(C)(N)c2ccccc2)CCCO1. The molecular weight excluding hydrogens is 224 g/mol. The van der Waals surface area contributed by atoms with Crippen molar-refractivity contribution in [3.05, 3.63) is 35.9 Å². The minimum atomic E-state index is -0.337. The van der Waals surface area contributed by atoms with Crippen LogP contribution in [-0.4, -0.2) is 25.3 Å². The lowest BCUT2D eigenvalue weighted by Crippen LogP contribution is -2.47. The normalized spacial score (nSPS) is 27.1. The first-order valence-electron chi connectivity index (χ1n) is 6.71. The Labute approximate surface area is 110 Å². The van der Waals surface area contributed by atoms with E-state index in [2.05, 4.69) is 31.3 Å². The topological polar surface area (TPSA) is 47.3 Å². The standard InChI is InChI=1S/C15H24N2O/c1-14(9-6-10-18-14)11-17-12-15(2,16)13-7-4-3-5-8-13/h3-5,7-8,17H,6,9-12,16H2,1-2H3. The molecule has 0 saturated carbocycles. The number of hydrogen-bond donors (Lipinski definition) is 2. The van der Waals surface area contributed by atoms with Crippen LogP contribution in [0, 0.1) is 0 Å². The van der Waals surface area contributed by atoms with E-state index in [1.165, 1.54) is 0 Å². The Morgan fingerprint density at radius 3 is 2.72 bits per heavy atom. The number of nitrogens with one attached hydrogen (secondary N) is 1. The molecule has 1 aliphatic heterocycles. The summed E-state index contributed by atoms with van der Waals surface area (Å²) in [7, 11) is 0. The van der Waals surface area contributed by atoms with Crippen LogP contribution in [0.5, 0.6) is 0 Å². The van der Waals surface area contributed by atoms with Gasteiger partial charge in [0.05, 0.1) is 11.1 Å². The van der Waals surface area contributed by atoms with Crippen molar-refractivity contribution in [3.63, 3.8) is 0 Å². The molecule has 1 aromatic rings. The average molecular weight is 248 g/mol. The number of hydrogen-bond acceptors (Lipinski definition) is 3. The molecule has 3 N–H and O–H groups in total. The first-order chi connectivity index (χ1) is 8.52. The number of nitrogens with two attached hydrogens (primary N) is 1. The van der Waals surface area contributed by atoms with Crippen LogP contribution in [-0.2, 0) is 10.3 Å². The Hall–Kier alpha value is -0.900. The van der Waals surface area contributed by atoms with Crippen molar-refractivity contribution in [2.75, 3.05) is 19.7 Å². The van der Waals surface area contributed by atoms with Gasteiger partial charge in [-0.3, -0.25) is 0 Å². The van der Waals surface area contributed by atoms with E-state index in [4.69, 9.17) is 10.5 Å². The van der Waals surface area contributed by atoms with Gasteiger partial charge in [-0.25, -0.2) is 0 Å². The molecule has 0 bridgehead atoms. The highest BCUT2D eigenvalue weighted by atomic mass is 16.5. The van der Waals surface area contributed by atoms with Crippen molar-refractivity contribution >= 4 is 0 Å². The second-order valence-corrected chi connectivity index (χ2v) is 5.79. The zero-order valence-corrected chi connectivity index (χ0v) is 11.4. The third-order valence-corrected chi connectivity index (χ3v) is 3.72. The Balaban J connectivity index is 1.86. The smallest absolute Gasteiger partial charge is 0.0779 e. The maximum Gasteiger partial charge on any atom is 0.0779 e. The van der Waals surface area contributed by atoms with Gasteiger partial charge in [-0.1, -0.05) is 30.3 Å². The van der Waals surface area contributed by atoms with Gasteiger partial charge in [0.25, 0.3) is 0 Å². The molecule has 1 saturated heterocycles. The van der Waals surface area contributed by atoms with Crippen molar-refractivity contribution < 1.29 is 4.74 Å². The van der Waals surface area contributed by atoms with E-state index in [0.29, 0.717) is 0 Å². The average Bonchev–Trinajstić information content (AvgIpc) is 2.77. The molecular formula is C15H24N2O. The lowest BCUT2D eigenvalue weighted by molar-refractivity contribution is 0.0201. The molecule has 1 aliphatic rings. The molecule has 0 radical (unpaired) electrons. The largest absolute Gasteiger partial charge is 0.374 e. The van der Waals surface area contributed by atoms with E-state index in [0.717, 1.165) is 38.1 Å². The zero-order chi connectivity index (χ0) is 13.1. The van der Waals surface area contributed by atoms with Gasteiger partial charge in [0.2, 0.25) is 0 Å². The maximum absolute atomic E-state index is 6.36. The number of rotatable bonds is 5. The summed E-state index contributed by atoms with van der Waals surface area (Å²) < 4.78 is 5.76.